The molecule has 0 aliphatic heterocycles. The molecule has 7 heteroatoms. The van der Waals surface area contributed by atoms with Crippen LogP contribution in [0.25, 0.3) is 0 Å². The number of nitrogen functional groups attached to an aromatic ring is 1. The molecule has 5 nitrogen and oxygen atoms in total. The molecule has 0 unspecified atom stereocenters. The summed E-state index contributed by atoms with van der Waals surface area (Å²) < 4.78 is 0. The topological polar surface area (TPSA) is 92.4 Å². The zero-order valence-corrected chi connectivity index (χ0v) is 12.1. The number of anilines is 2. The van der Waals surface area contributed by atoms with Gasteiger partial charge in [-0.3, -0.25) is 4.79 Å². The van der Waals surface area contributed by atoms with Crippen molar-refractivity contribution in [2.75, 3.05) is 11.1 Å². The Morgan fingerprint density at radius 3 is 2.43 bits per heavy atom. The van der Waals surface area contributed by atoms with Gasteiger partial charge in [-0.2, -0.15) is 0 Å². The SMILES string of the molecule is Nc1cc(C(=O)Nc2cc(Cl)ccc2C(=O)O)ccc1Cl. The summed E-state index contributed by atoms with van der Waals surface area (Å²) in [5, 5.41) is 12.2. The standard InChI is InChI=1S/C14H10Cl2N2O3/c15-8-2-3-9(14(20)21)12(6-8)18-13(19)7-1-4-10(16)11(17)5-7/h1-6H,17H2,(H,18,19)(H,20,21). The molecule has 1 amide bonds. The molecule has 0 spiro atoms. The van der Waals surface area contributed by atoms with Crippen LogP contribution in [0.4, 0.5) is 11.4 Å². The number of carboxylic acid groups (broad SMARTS) is 1. The smallest absolute Gasteiger partial charge is 0.337 e. The van der Waals surface area contributed by atoms with E-state index in [4.69, 9.17) is 34.0 Å². The summed E-state index contributed by atoms with van der Waals surface area (Å²) in [6.45, 7) is 0. The number of rotatable bonds is 3. The fourth-order valence-corrected chi connectivity index (χ4v) is 1.98. The second-order valence-electron chi connectivity index (χ2n) is 4.19. The number of carbonyl (C=O) groups excluding carboxylic acids is 1. The number of aromatic carboxylic acids is 1. The van der Waals surface area contributed by atoms with Gasteiger partial charge in [0.25, 0.3) is 5.91 Å². The van der Waals surface area contributed by atoms with Gasteiger partial charge in [0, 0.05) is 10.6 Å². The first-order valence-corrected chi connectivity index (χ1v) is 6.53. The third-order valence-electron chi connectivity index (χ3n) is 2.72. The van der Waals surface area contributed by atoms with Crippen LogP contribution in [0, 0.1) is 0 Å². The van der Waals surface area contributed by atoms with Crippen LogP contribution in [0.2, 0.25) is 10.0 Å². The molecule has 0 aliphatic carbocycles. The molecule has 2 aromatic rings. The van der Waals surface area contributed by atoms with Crippen molar-refractivity contribution in [1.29, 1.82) is 0 Å². The van der Waals surface area contributed by atoms with Crippen LogP contribution in [0.5, 0.6) is 0 Å². The van der Waals surface area contributed by atoms with E-state index in [-0.39, 0.29) is 22.5 Å². The van der Waals surface area contributed by atoms with Gasteiger partial charge in [0.15, 0.2) is 0 Å². The number of benzene rings is 2. The van der Waals surface area contributed by atoms with Crippen molar-refractivity contribution in [3.63, 3.8) is 0 Å². The van der Waals surface area contributed by atoms with E-state index in [0.29, 0.717) is 10.0 Å². The minimum absolute atomic E-state index is 0.0605. The van der Waals surface area contributed by atoms with Crippen molar-refractivity contribution >= 4 is 46.5 Å². The fourth-order valence-electron chi connectivity index (χ4n) is 1.69. The lowest BCUT2D eigenvalue weighted by atomic mass is 10.1. The van der Waals surface area contributed by atoms with Crippen LogP contribution in [0.1, 0.15) is 20.7 Å². The maximum atomic E-state index is 12.1. The predicted octanol–water partition coefficient (Wildman–Crippen LogP) is 3.53. The van der Waals surface area contributed by atoms with Crippen molar-refractivity contribution in [3.05, 3.63) is 57.6 Å². The number of carboxylic acids is 1. The molecule has 0 saturated heterocycles. The summed E-state index contributed by atoms with van der Waals surface area (Å²) >= 11 is 11.6. The van der Waals surface area contributed by atoms with Crippen LogP contribution in [0.15, 0.2) is 36.4 Å². The molecule has 108 valence electrons. The van der Waals surface area contributed by atoms with Gasteiger partial charge in [0.05, 0.1) is 22.0 Å². The molecule has 21 heavy (non-hydrogen) atoms. The van der Waals surface area contributed by atoms with Crippen LogP contribution >= 0.6 is 23.2 Å². The lowest BCUT2D eigenvalue weighted by Gasteiger charge is -2.09. The molecule has 2 aromatic carbocycles. The average Bonchev–Trinajstić information content (AvgIpc) is 2.41. The quantitative estimate of drug-likeness (QED) is 0.753. The Labute approximate surface area is 130 Å². The first kappa shape index (κ1) is 15.2. The second-order valence-corrected chi connectivity index (χ2v) is 5.03. The number of nitrogens with one attached hydrogen (secondary N) is 1. The summed E-state index contributed by atoms with van der Waals surface area (Å²) in [6, 6.07) is 8.49. The minimum atomic E-state index is -1.17. The summed E-state index contributed by atoms with van der Waals surface area (Å²) in [7, 11) is 0. The van der Waals surface area contributed by atoms with Gasteiger partial charge in [-0.25, -0.2) is 4.79 Å². The van der Waals surface area contributed by atoms with Crippen LogP contribution in [-0.2, 0) is 0 Å². The van der Waals surface area contributed by atoms with Gasteiger partial charge in [0.2, 0.25) is 0 Å². The Morgan fingerprint density at radius 2 is 1.81 bits per heavy atom. The summed E-state index contributed by atoms with van der Waals surface area (Å²) in [5.74, 6) is -1.68. The maximum absolute atomic E-state index is 12.1. The molecule has 0 aromatic heterocycles. The molecule has 0 radical (unpaired) electrons. The number of carbonyl (C=O) groups is 2. The molecule has 0 aliphatic rings. The molecule has 0 atom stereocenters. The predicted molar refractivity (Wildman–Crippen MR) is 82.2 cm³/mol. The lowest BCUT2D eigenvalue weighted by Crippen LogP contribution is -2.15. The van der Waals surface area contributed by atoms with Crippen molar-refractivity contribution in [3.8, 4) is 0 Å². The van der Waals surface area contributed by atoms with E-state index in [1.54, 1.807) is 0 Å². The summed E-state index contributed by atoms with van der Waals surface area (Å²) in [6.07, 6.45) is 0. The van der Waals surface area contributed by atoms with Gasteiger partial charge >= 0.3 is 5.97 Å². The Bertz CT molecular complexity index is 732. The highest BCUT2D eigenvalue weighted by Gasteiger charge is 2.14. The second kappa shape index (κ2) is 6.03. The number of nitrogens with two attached hydrogens (primary N) is 1. The number of halogens is 2. The highest BCUT2D eigenvalue weighted by molar-refractivity contribution is 6.33. The Hall–Kier alpha value is -2.24. The normalized spacial score (nSPS) is 10.2. The van der Waals surface area contributed by atoms with Crippen molar-refractivity contribution < 1.29 is 14.7 Å². The zero-order chi connectivity index (χ0) is 15.6. The van der Waals surface area contributed by atoms with Gasteiger partial charge in [0.1, 0.15) is 0 Å². The van der Waals surface area contributed by atoms with Crippen LogP contribution < -0.4 is 11.1 Å². The maximum Gasteiger partial charge on any atom is 0.337 e. The number of hydrogen-bond donors (Lipinski definition) is 3. The minimum Gasteiger partial charge on any atom is -0.478 e. The highest BCUT2D eigenvalue weighted by Crippen LogP contribution is 2.23. The first-order chi connectivity index (χ1) is 9.88. The van der Waals surface area contributed by atoms with Crippen molar-refractivity contribution in [2.24, 2.45) is 0 Å². The van der Waals surface area contributed by atoms with E-state index in [1.807, 2.05) is 0 Å². The molecular weight excluding hydrogens is 315 g/mol. The Kier molecular flexibility index (Phi) is 4.35. The molecule has 2 rings (SSSR count). The van der Waals surface area contributed by atoms with Crippen LogP contribution in [0.3, 0.4) is 0 Å². The van der Waals surface area contributed by atoms with Crippen LogP contribution in [-0.4, -0.2) is 17.0 Å². The summed E-state index contributed by atoms with van der Waals surface area (Å²) in [5.41, 5.74) is 6.19. The molecule has 0 heterocycles. The van der Waals surface area contributed by atoms with E-state index in [9.17, 15) is 9.59 Å². The van der Waals surface area contributed by atoms with E-state index in [2.05, 4.69) is 5.32 Å². The summed E-state index contributed by atoms with van der Waals surface area (Å²) in [4.78, 5) is 23.2. The zero-order valence-electron chi connectivity index (χ0n) is 10.6. The number of hydrogen-bond acceptors (Lipinski definition) is 3. The molecule has 0 saturated carbocycles. The average molecular weight is 325 g/mol. The number of amides is 1. The molecule has 4 N–H and O–H groups in total. The largest absolute Gasteiger partial charge is 0.478 e. The monoisotopic (exact) mass is 324 g/mol. The highest BCUT2D eigenvalue weighted by atomic mass is 35.5. The molecule has 0 fully saturated rings. The van der Waals surface area contributed by atoms with Gasteiger partial charge in [-0.1, -0.05) is 23.2 Å². The van der Waals surface area contributed by atoms with E-state index >= 15 is 0 Å². The Morgan fingerprint density at radius 1 is 1.10 bits per heavy atom. The van der Waals surface area contributed by atoms with E-state index in [1.165, 1.54) is 36.4 Å². The molecule has 0 bridgehead atoms. The molecular formula is C14H10Cl2N2O3. The van der Waals surface area contributed by atoms with Crippen molar-refractivity contribution in [2.45, 2.75) is 0 Å². The van der Waals surface area contributed by atoms with E-state index in [0.717, 1.165) is 0 Å². The van der Waals surface area contributed by atoms with Crippen molar-refractivity contribution in [1.82, 2.24) is 0 Å². The van der Waals surface area contributed by atoms with Gasteiger partial charge < -0.3 is 16.2 Å². The third kappa shape index (κ3) is 3.45. The van der Waals surface area contributed by atoms with Gasteiger partial charge in [-0.15, -0.1) is 0 Å². The Balaban J connectivity index is 2.33. The van der Waals surface area contributed by atoms with Gasteiger partial charge in [-0.05, 0) is 36.4 Å². The van der Waals surface area contributed by atoms with E-state index < -0.39 is 11.9 Å². The lowest BCUT2D eigenvalue weighted by molar-refractivity contribution is 0.0698. The first-order valence-electron chi connectivity index (χ1n) is 5.77. The fraction of sp³-hybridized carbons (Fsp3) is 0. The third-order valence-corrected chi connectivity index (χ3v) is 3.30.